The van der Waals surface area contributed by atoms with Crippen molar-refractivity contribution in [3.8, 4) is 0 Å². The van der Waals surface area contributed by atoms with E-state index in [1.54, 1.807) is 0 Å². The van der Waals surface area contributed by atoms with Crippen LogP contribution in [0.25, 0.3) is 0 Å². The molecule has 1 N–H and O–H groups in total. The minimum atomic E-state index is -0.154. The molecule has 1 aliphatic heterocycles. The lowest BCUT2D eigenvalue weighted by Crippen LogP contribution is -2.21. The highest BCUT2D eigenvalue weighted by Crippen LogP contribution is 2.21. The highest BCUT2D eigenvalue weighted by atomic mass is 16.5. The molecule has 1 aromatic rings. The standard InChI is InChI=1S/C15H22O2/c16-15(12-14-8-10-17-11-9-14)7-6-13-4-2-1-3-5-13/h1-5,14-16H,6-12H2. The van der Waals surface area contributed by atoms with Crippen LogP contribution in [0.4, 0.5) is 0 Å². The predicted molar refractivity (Wildman–Crippen MR) is 68.9 cm³/mol. The molecular weight excluding hydrogens is 212 g/mol. The van der Waals surface area contributed by atoms with Gasteiger partial charge in [0.05, 0.1) is 6.10 Å². The highest BCUT2D eigenvalue weighted by Gasteiger charge is 2.17. The summed E-state index contributed by atoms with van der Waals surface area (Å²) in [7, 11) is 0. The van der Waals surface area contributed by atoms with Crippen LogP contribution < -0.4 is 0 Å². The molecule has 17 heavy (non-hydrogen) atoms. The lowest BCUT2D eigenvalue weighted by molar-refractivity contribution is 0.0421. The summed E-state index contributed by atoms with van der Waals surface area (Å²) in [5, 5.41) is 10.0. The molecule has 2 nitrogen and oxygen atoms in total. The first-order valence-electron chi connectivity index (χ1n) is 6.64. The second kappa shape index (κ2) is 6.77. The van der Waals surface area contributed by atoms with Gasteiger partial charge in [-0.3, -0.25) is 0 Å². The Morgan fingerprint density at radius 1 is 1.18 bits per heavy atom. The molecule has 1 heterocycles. The van der Waals surface area contributed by atoms with Crippen LogP contribution in [-0.2, 0) is 11.2 Å². The Balaban J connectivity index is 1.68. The van der Waals surface area contributed by atoms with Gasteiger partial charge >= 0.3 is 0 Å². The molecule has 0 aliphatic carbocycles. The molecule has 2 rings (SSSR count). The summed E-state index contributed by atoms with van der Waals surface area (Å²) in [5.41, 5.74) is 1.32. The predicted octanol–water partition coefficient (Wildman–Crippen LogP) is 2.80. The monoisotopic (exact) mass is 234 g/mol. The number of rotatable bonds is 5. The van der Waals surface area contributed by atoms with Crippen LogP contribution >= 0.6 is 0 Å². The van der Waals surface area contributed by atoms with Gasteiger partial charge in [-0.25, -0.2) is 0 Å². The molecule has 1 unspecified atom stereocenters. The van der Waals surface area contributed by atoms with Crippen molar-refractivity contribution < 1.29 is 9.84 Å². The van der Waals surface area contributed by atoms with Gasteiger partial charge in [0, 0.05) is 13.2 Å². The molecule has 0 saturated carbocycles. The molecule has 1 saturated heterocycles. The van der Waals surface area contributed by atoms with Crippen LogP contribution in [0, 0.1) is 5.92 Å². The van der Waals surface area contributed by atoms with E-state index in [1.165, 1.54) is 5.56 Å². The smallest absolute Gasteiger partial charge is 0.0546 e. The zero-order chi connectivity index (χ0) is 11.9. The van der Waals surface area contributed by atoms with E-state index >= 15 is 0 Å². The van der Waals surface area contributed by atoms with Crippen molar-refractivity contribution in [1.29, 1.82) is 0 Å². The van der Waals surface area contributed by atoms with E-state index in [4.69, 9.17) is 4.74 Å². The summed E-state index contributed by atoms with van der Waals surface area (Å²) >= 11 is 0. The SMILES string of the molecule is OC(CCc1ccccc1)CC1CCOCC1. The van der Waals surface area contributed by atoms with E-state index in [-0.39, 0.29) is 6.10 Å². The first-order chi connectivity index (χ1) is 8.34. The van der Waals surface area contributed by atoms with Crippen molar-refractivity contribution in [1.82, 2.24) is 0 Å². The van der Waals surface area contributed by atoms with Crippen molar-refractivity contribution in [3.63, 3.8) is 0 Å². The highest BCUT2D eigenvalue weighted by molar-refractivity contribution is 5.14. The van der Waals surface area contributed by atoms with Crippen molar-refractivity contribution in [3.05, 3.63) is 35.9 Å². The molecule has 0 aromatic heterocycles. The van der Waals surface area contributed by atoms with Gasteiger partial charge in [-0.05, 0) is 43.6 Å². The van der Waals surface area contributed by atoms with Crippen molar-refractivity contribution >= 4 is 0 Å². The third kappa shape index (κ3) is 4.49. The normalized spacial score (nSPS) is 19.1. The van der Waals surface area contributed by atoms with E-state index < -0.39 is 0 Å². The molecule has 0 bridgehead atoms. The maximum Gasteiger partial charge on any atom is 0.0546 e. The number of ether oxygens (including phenoxy) is 1. The van der Waals surface area contributed by atoms with Gasteiger partial charge in [0.2, 0.25) is 0 Å². The Morgan fingerprint density at radius 2 is 1.88 bits per heavy atom. The quantitative estimate of drug-likeness (QED) is 0.849. The minimum absolute atomic E-state index is 0.154. The maximum absolute atomic E-state index is 10.0. The molecule has 0 amide bonds. The molecule has 1 aromatic carbocycles. The van der Waals surface area contributed by atoms with Crippen LogP contribution in [-0.4, -0.2) is 24.4 Å². The van der Waals surface area contributed by atoms with E-state index in [1.807, 2.05) is 6.07 Å². The summed E-state index contributed by atoms with van der Waals surface area (Å²) in [4.78, 5) is 0. The van der Waals surface area contributed by atoms with E-state index in [0.29, 0.717) is 5.92 Å². The summed E-state index contributed by atoms with van der Waals surface area (Å²) < 4.78 is 5.33. The van der Waals surface area contributed by atoms with E-state index in [2.05, 4.69) is 24.3 Å². The fourth-order valence-electron chi connectivity index (χ4n) is 2.46. The lowest BCUT2D eigenvalue weighted by Gasteiger charge is -2.24. The minimum Gasteiger partial charge on any atom is -0.393 e. The Bertz CT molecular complexity index is 304. The lowest BCUT2D eigenvalue weighted by atomic mass is 9.91. The number of benzene rings is 1. The maximum atomic E-state index is 10.0. The zero-order valence-corrected chi connectivity index (χ0v) is 10.3. The average Bonchev–Trinajstić information content (AvgIpc) is 2.39. The third-order valence-electron chi connectivity index (χ3n) is 3.56. The van der Waals surface area contributed by atoms with Gasteiger partial charge in [0.1, 0.15) is 0 Å². The van der Waals surface area contributed by atoms with Gasteiger partial charge in [0.15, 0.2) is 0 Å². The largest absolute Gasteiger partial charge is 0.393 e. The van der Waals surface area contributed by atoms with Gasteiger partial charge in [-0.1, -0.05) is 30.3 Å². The molecular formula is C15H22O2. The van der Waals surface area contributed by atoms with Crippen molar-refractivity contribution in [2.45, 2.75) is 38.2 Å². The number of hydrogen-bond donors (Lipinski definition) is 1. The zero-order valence-electron chi connectivity index (χ0n) is 10.3. The number of hydrogen-bond acceptors (Lipinski definition) is 2. The third-order valence-corrected chi connectivity index (χ3v) is 3.56. The summed E-state index contributed by atoms with van der Waals surface area (Å²) in [6, 6.07) is 10.4. The molecule has 94 valence electrons. The van der Waals surface area contributed by atoms with E-state index in [9.17, 15) is 5.11 Å². The van der Waals surface area contributed by atoms with Gasteiger partial charge in [-0.15, -0.1) is 0 Å². The van der Waals surface area contributed by atoms with E-state index in [0.717, 1.165) is 45.3 Å². The second-order valence-electron chi connectivity index (χ2n) is 4.97. The number of aliphatic hydroxyl groups excluding tert-OH is 1. The van der Waals surface area contributed by atoms with Gasteiger partial charge < -0.3 is 9.84 Å². The first-order valence-corrected chi connectivity index (χ1v) is 6.64. The Kier molecular flexibility index (Phi) is 5.02. The van der Waals surface area contributed by atoms with Crippen LogP contribution in [0.3, 0.4) is 0 Å². The summed E-state index contributed by atoms with van der Waals surface area (Å²) in [5.74, 6) is 0.662. The van der Waals surface area contributed by atoms with Crippen molar-refractivity contribution in [2.75, 3.05) is 13.2 Å². The fourth-order valence-corrected chi connectivity index (χ4v) is 2.46. The molecule has 0 radical (unpaired) electrons. The summed E-state index contributed by atoms with van der Waals surface area (Å²) in [6.45, 7) is 1.74. The Labute approximate surface area is 104 Å². The molecule has 2 heteroatoms. The molecule has 0 spiro atoms. The summed E-state index contributed by atoms with van der Waals surface area (Å²) in [6.07, 6.45) is 4.87. The van der Waals surface area contributed by atoms with Crippen LogP contribution in [0.2, 0.25) is 0 Å². The molecule has 1 aliphatic rings. The second-order valence-corrected chi connectivity index (χ2v) is 4.97. The Hall–Kier alpha value is -0.860. The van der Waals surface area contributed by atoms with Gasteiger partial charge in [-0.2, -0.15) is 0 Å². The fraction of sp³-hybridized carbons (Fsp3) is 0.600. The topological polar surface area (TPSA) is 29.5 Å². The average molecular weight is 234 g/mol. The number of aliphatic hydroxyl groups is 1. The van der Waals surface area contributed by atoms with Crippen molar-refractivity contribution in [2.24, 2.45) is 5.92 Å². The van der Waals surface area contributed by atoms with Gasteiger partial charge in [0.25, 0.3) is 0 Å². The first kappa shape index (κ1) is 12.6. The van der Waals surface area contributed by atoms with Crippen LogP contribution in [0.1, 0.15) is 31.2 Å². The van der Waals surface area contributed by atoms with Crippen LogP contribution in [0.15, 0.2) is 30.3 Å². The Morgan fingerprint density at radius 3 is 2.59 bits per heavy atom. The van der Waals surface area contributed by atoms with Crippen LogP contribution in [0.5, 0.6) is 0 Å². The number of aryl methyl sites for hydroxylation is 1. The molecule has 1 fully saturated rings. The molecule has 1 atom stereocenters.